The second-order valence-corrected chi connectivity index (χ2v) is 9.36. The van der Waals surface area contributed by atoms with Crippen LogP contribution in [0, 0.1) is 19.7 Å². The number of hydrogen-bond donors (Lipinski definition) is 2. The molecule has 176 valence electrons. The van der Waals surface area contributed by atoms with Crippen molar-refractivity contribution >= 4 is 5.82 Å². The summed E-state index contributed by atoms with van der Waals surface area (Å²) in [5.41, 5.74) is 6.31. The maximum Gasteiger partial charge on any atom is 0.129 e. The van der Waals surface area contributed by atoms with Crippen LogP contribution < -0.4 is 10.6 Å². The number of piperidine rings is 1. The molecule has 0 aliphatic carbocycles. The highest BCUT2D eigenvalue weighted by atomic mass is 19.1. The Labute approximate surface area is 196 Å². The summed E-state index contributed by atoms with van der Waals surface area (Å²) in [6, 6.07) is 6.14. The Kier molecular flexibility index (Phi) is 7.43. The standard InChI is InChI=1S/C27H36FN5/c1-5-10-30-27-21(13-19(3)26-18(2)6-7-25(28)20(26)4)14-22(15-31-27)23-16-32-33(17-23)24-8-11-29-12-9-24/h6-7,14-17,19,24,29H,5,8-13H2,1-4H3,(H,30,31). The van der Waals surface area contributed by atoms with E-state index in [9.17, 15) is 4.39 Å². The van der Waals surface area contributed by atoms with Gasteiger partial charge in [-0.2, -0.15) is 5.10 Å². The summed E-state index contributed by atoms with van der Waals surface area (Å²) < 4.78 is 16.4. The van der Waals surface area contributed by atoms with Crippen LogP contribution in [0.1, 0.15) is 67.3 Å². The van der Waals surface area contributed by atoms with Crippen molar-refractivity contribution in [1.29, 1.82) is 0 Å². The highest BCUT2D eigenvalue weighted by Crippen LogP contribution is 2.32. The number of nitrogens with zero attached hydrogens (tertiary/aromatic N) is 3. The average molecular weight is 450 g/mol. The number of pyridine rings is 1. The van der Waals surface area contributed by atoms with Gasteiger partial charge in [0.2, 0.25) is 0 Å². The first-order valence-electron chi connectivity index (χ1n) is 12.2. The molecular formula is C27H36FN5. The lowest BCUT2D eigenvalue weighted by molar-refractivity contribution is 0.343. The van der Waals surface area contributed by atoms with Crippen LogP contribution in [0.5, 0.6) is 0 Å². The summed E-state index contributed by atoms with van der Waals surface area (Å²) in [5, 5.41) is 11.6. The number of nitrogens with one attached hydrogen (secondary N) is 2. The number of anilines is 1. The van der Waals surface area contributed by atoms with Crippen LogP contribution >= 0.6 is 0 Å². The lowest BCUT2D eigenvalue weighted by Gasteiger charge is -2.22. The molecule has 2 aromatic heterocycles. The minimum atomic E-state index is -0.135. The quantitative estimate of drug-likeness (QED) is 0.457. The van der Waals surface area contributed by atoms with E-state index in [0.29, 0.717) is 6.04 Å². The van der Waals surface area contributed by atoms with Crippen molar-refractivity contribution in [2.45, 2.75) is 65.3 Å². The zero-order chi connectivity index (χ0) is 23.4. The van der Waals surface area contributed by atoms with Crippen LogP contribution in [0.4, 0.5) is 10.2 Å². The maximum atomic E-state index is 14.3. The molecule has 0 bridgehead atoms. The van der Waals surface area contributed by atoms with E-state index in [1.807, 2.05) is 25.4 Å². The zero-order valence-corrected chi connectivity index (χ0v) is 20.3. The molecule has 1 aliphatic heterocycles. The molecule has 6 heteroatoms. The van der Waals surface area contributed by atoms with Gasteiger partial charge >= 0.3 is 0 Å². The molecule has 1 aliphatic rings. The molecule has 3 aromatic rings. The van der Waals surface area contributed by atoms with E-state index >= 15 is 0 Å². The summed E-state index contributed by atoms with van der Waals surface area (Å²) in [4.78, 5) is 4.79. The van der Waals surface area contributed by atoms with Crippen LogP contribution in [0.15, 0.2) is 36.8 Å². The van der Waals surface area contributed by atoms with Gasteiger partial charge in [-0.1, -0.05) is 19.9 Å². The van der Waals surface area contributed by atoms with E-state index in [4.69, 9.17) is 4.98 Å². The minimum Gasteiger partial charge on any atom is -0.370 e. The molecule has 2 N–H and O–H groups in total. The van der Waals surface area contributed by atoms with Crippen molar-refractivity contribution in [2.24, 2.45) is 0 Å². The summed E-state index contributed by atoms with van der Waals surface area (Å²) in [5.74, 6) is 0.964. The minimum absolute atomic E-state index is 0.135. The summed E-state index contributed by atoms with van der Waals surface area (Å²) in [6.07, 6.45) is 10.1. The lowest BCUT2D eigenvalue weighted by Crippen LogP contribution is -2.29. The first-order valence-corrected chi connectivity index (χ1v) is 12.2. The molecule has 5 nitrogen and oxygen atoms in total. The second-order valence-electron chi connectivity index (χ2n) is 9.36. The smallest absolute Gasteiger partial charge is 0.129 e. The van der Waals surface area contributed by atoms with Gasteiger partial charge in [0.25, 0.3) is 0 Å². The number of aromatic nitrogens is 3. The number of benzene rings is 1. The van der Waals surface area contributed by atoms with Crippen molar-refractivity contribution in [2.75, 3.05) is 25.0 Å². The molecule has 1 unspecified atom stereocenters. The Morgan fingerprint density at radius 2 is 1.97 bits per heavy atom. The number of halogens is 1. The Bertz CT molecular complexity index is 1080. The van der Waals surface area contributed by atoms with Crippen LogP contribution in [0.2, 0.25) is 0 Å². The average Bonchev–Trinajstić information content (AvgIpc) is 3.32. The molecule has 0 amide bonds. The van der Waals surface area contributed by atoms with Gasteiger partial charge in [-0.3, -0.25) is 4.68 Å². The molecule has 1 saturated heterocycles. The first kappa shape index (κ1) is 23.4. The van der Waals surface area contributed by atoms with Gasteiger partial charge < -0.3 is 10.6 Å². The molecular weight excluding hydrogens is 413 g/mol. The van der Waals surface area contributed by atoms with Crippen molar-refractivity contribution in [3.63, 3.8) is 0 Å². The van der Waals surface area contributed by atoms with E-state index in [1.165, 1.54) is 0 Å². The molecule has 1 atom stereocenters. The third-order valence-electron chi connectivity index (χ3n) is 6.81. The monoisotopic (exact) mass is 449 g/mol. The fourth-order valence-electron chi connectivity index (χ4n) is 5.01. The van der Waals surface area contributed by atoms with Gasteiger partial charge in [-0.15, -0.1) is 0 Å². The highest BCUT2D eigenvalue weighted by molar-refractivity contribution is 5.65. The predicted octanol–water partition coefficient (Wildman–Crippen LogP) is 5.79. The zero-order valence-electron chi connectivity index (χ0n) is 20.3. The third kappa shape index (κ3) is 5.27. The molecule has 0 radical (unpaired) electrons. The van der Waals surface area contributed by atoms with Crippen molar-refractivity contribution < 1.29 is 4.39 Å². The molecule has 1 fully saturated rings. The van der Waals surface area contributed by atoms with E-state index in [0.717, 1.165) is 84.5 Å². The fourth-order valence-corrected chi connectivity index (χ4v) is 5.01. The Hall–Kier alpha value is -2.73. The molecule has 4 rings (SSSR count). The summed E-state index contributed by atoms with van der Waals surface area (Å²) in [7, 11) is 0. The topological polar surface area (TPSA) is 54.8 Å². The first-order chi connectivity index (χ1) is 16.0. The van der Waals surface area contributed by atoms with Gasteiger partial charge in [-0.25, -0.2) is 9.37 Å². The second kappa shape index (κ2) is 10.5. The molecule has 33 heavy (non-hydrogen) atoms. The normalized spacial score (nSPS) is 15.5. The number of hydrogen-bond acceptors (Lipinski definition) is 4. The van der Waals surface area contributed by atoms with Crippen LogP contribution in [0.25, 0.3) is 11.1 Å². The van der Waals surface area contributed by atoms with E-state index < -0.39 is 0 Å². The predicted molar refractivity (Wildman–Crippen MR) is 133 cm³/mol. The van der Waals surface area contributed by atoms with E-state index in [1.54, 1.807) is 6.07 Å². The van der Waals surface area contributed by atoms with Gasteiger partial charge in [-0.05, 0) is 92.9 Å². The van der Waals surface area contributed by atoms with Gasteiger partial charge in [0, 0.05) is 30.1 Å². The van der Waals surface area contributed by atoms with Gasteiger partial charge in [0.1, 0.15) is 11.6 Å². The lowest BCUT2D eigenvalue weighted by atomic mass is 9.87. The van der Waals surface area contributed by atoms with Crippen LogP contribution in [-0.4, -0.2) is 34.4 Å². The van der Waals surface area contributed by atoms with E-state index in [-0.39, 0.29) is 11.7 Å². The maximum absolute atomic E-state index is 14.3. The number of rotatable bonds is 8. The third-order valence-corrected chi connectivity index (χ3v) is 6.81. The molecule has 1 aromatic carbocycles. The van der Waals surface area contributed by atoms with Crippen LogP contribution in [0.3, 0.4) is 0 Å². The van der Waals surface area contributed by atoms with Gasteiger partial charge in [0.05, 0.1) is 12.2 Å². The van der Waals surface area contributed by atoms with Crippen molar-refractivity contribution in [3.8, 4) is 11.1 Å². The summed E-state index contributed by atoms with van der Waals surface area (Å²) >= 11 is 0. The van der Waals surface area contributed by atoms with Gasteiger partial charge in [0.15, 0.2) is 0 Å². The molecule has 3 heterocycles. The SMILES string of the molecule is CCCNc1ncc(-c2cnn(C3CCNCC3)c2)cc1CC(C)c1c(C)ccc(F)c1C. The van der Waals surface area contributed by atoms with Crippen LogP contribution in [-0.2, 0) is 6.42 Å². The Morgan fingerprint density at radius 1 is 1.18 bits per heavy atom. The molecule has 0 spiro atoms. The molecule has 0 saturated carbocycles. The highest BCUT2D eigenvalue weighted by Gasteiger charge is 2.19. The van der Waals surface area contributed by atoms with Crippen molar-refractivity contribution in [1.82, 2.24) is 20.1 Å². The fraction of sp³-hybridized carbons (Fsp3) is 0.481. The Morgan fingerprint density at radius 3 is 2.73 bits per heavy atom. The summed E-state index contributed by atoms with van der Waals surface area (Å²) in [6.45, 7) is 11.2. The Balaban J connectivity index is 1.63. The van der Waals surface area contributed by atoms with E-state index in [2.05, 4.69) is 53.4 Å². The van der Waals surface area contributed by atoms with Crippen molar-refractivity contribution in [3.05, 3.63) is 64.9 Å². The number of aryl methyl sites for hydroxylation is 1. The largest absolute Gasteiger partial charge is 0.370 e.